The molecule has 1 aromatic carbocycles. The standard InChI is InChI=1S/C16H19BrClNO/c17-12-2-1-11(16(18)9-12)8-15(20)7-10-5-13-3-4-14(6-10)19-13/h1-2,9-10,13-14,19H,3-8H2. The molecule has 2 saturated heterocycles. The SMILES string of the molecule is O=C(Cc1ccc(Br)cc1Cl)CC1CC2CCC(C1)N2. The molecule has 2 aliphatic heterocycles. The van der Waals surface area contributed by atoms with Crippen LogP contribution in [0.3, 0.4) is 0 Å². The van der Waals surface area contributed by atoms with Crippen LogP contribution in [-0.4, -0.2) is 17.9 Å². The zero-order valence-electron chi connectivity index (χ0n) is 11.4. The van der Waals surface area contributed by atoms with Crippen LogP contribution in [0.4, 0.5) is 0 Å². The molecular formula is C16H19BrClNO. The summed E-state index contributed by atoms with van der Waals surface area (Å²) < 4.78 is 0.952. The number of hydrogen-bond donors (Lipinski definition) is 1. The van der Waals surface area contributed by atoms with E-state index < -0.39 is 0 Å². The van der Waals surface area contributed by atoms with E-state index in [1.165, 1.54) is 12.8 Å². The quantitative estimate of drug-likeness (QED) is 0.878. The Morgan fingerprint density at radius 3 is 2.65 bits per heavy atom. The highest BCUT2D eigenvalue weighted by Crippen LogP contribution is 2.33. The summed E-state index contributed by atoms with van der Waals surface area (Å²) in [5.41, 5.74) is 0.941. The topological polar surface area (TPSA) is 29.1 Å². The van der Waals surface area contributed by atoms with E-state index in [-0.39, 0.29) is 0 Å². The Balaban J connectivity index is 1.57. The largest absolute Gasteiger partial charge is 0.311 e. The molecule has 2 atom stereocenters. The number of piperidine rings is 1. The molecule has 2 nitrogen and oxygen atoms in total. The first-order valence-corrected chi connectivity index (χ1v) is 8.49. The monoisotopic (exact) mass is 355 g/mol. The summed E-state index contributed by atoms with van der Waals surface area (Å²) in [4.78, 5) is 12.3. The maximum Gasteiger partial charge on any atom is 0.137 e. The lowest BCUT2D eigenvalue weighted by atomic mass is 9.87. The second kappa shape index (κ2) is 6.17. The van der Waals surface area contributed by atoms with Gasteiger partial charge < -0.3 is 5.32 Å². The zero-order valence-corrected chi connectivity index (χ0v) is 13.7. The maximum absolute atomic E-state index is 12.3. The molecule has 0 aromatic heterocycles. The normalized spacial score (nSPS) is 28.6. The molecule has 0 saturated carbocycles. The Hall–Kier alpha value is -0.380. The Morgan fingerprint density at radius 2 is 2.00 bits per heavy atom. The van der Waals surface area contributed by atoms with Gasteiger partial charge in [0.25, 0.3) is 0 Å². The highest BCUT2D eigenvalue weighted by molar-refractivity contribution is 9.10. The van der Waals surface area contributed by atoms with Crippen molar-refractivity contribution in [3.05, 3.63) is 33.3 Å². The van der Waals surface area contributed by atoms with Gasteiger partial charge in [0.2, 0.25) is 0 Å². The molecule has 2 heterocycles. The number of hydrogen-bond acceptors (Lipinski definition) is 2. The number of carbonyl (C=O) groups excluding carboxylic acids is 1. The van der Waals surface area contributed by atoms with E-state index in [1.54, 1.807) is 0 Å². The van der Waals surface area contributed by atoms with Crippen LogP contribution in [0.25, 0.3) is 0 Å². The molecule has 20 heavy (non-hydrogen) atoms. The van der Waals surface area contributed by atoms with E-state index in [4.69, 9.17) is 11.6 Å². The Kier molecular flexibility index (Phi) is 4.49. The lowest BCUT2D eigenvalue weighted by molar-refractivity contribution is -0.119. The van der Waals surface area contributed by atoms with Crippen LogP contribution in [0.2, 0.25) is 5.02 Å². The van der Waals surface area contributed by atoms with E-state index in [0.29, 0.717) is 41.6 Å². The van der Waals surface area contributed by atoms with Crippen LogP contribution in [0.1, 0.15) is 37.7 Å². The van der Waals surface area contributed by atoms with Crippen LogP contribution in [-0.2, 0) is 11.2 Å². The van der Waals surface area contributed by atoms with Crippen LogP contribution in [0.15, 0.2) is 22.7 Å². The lowest BCUT2D eigenvalue weighted by Gasteiger charge is -2.28. The first-order chi connectivity index (χ1) is 9.60. The molecule has 2 fully saturated rings. The number of carbonyl (C=O) groups is 1. The molecule has 1 N–H and O–H groups in total. The summed E-state index contributed by atoms with van der Waals surface area (Å²) in [7, 11) is 0. The van der Waals surface area contributed by atoms with Gasteiger partial charge >= 0.3 is 0 Å². The van der Waals surface area contributed by atoms with Crippen LogP contribution >= 0.6 is 27.5 Å². The fraction of sp³-hybridized carbons (Fsp3) is 0.562. The average molecular weight is 357 g/mol. The fourth-order valence-corrected chi connectivity index (χ4v) is 4.35. The lowest BCUT2D eigenvalue weighted by Crippen LogP contribution is -2.38. The highest BCUT2D eigenvalue weighted by atomic mass is 79.9. The average Bonchev–Trinajstić information content (AvgIpc) is 2.72. The second-order valence-corrected chi connectivity index (χ2v) is 7.45. The molecule has 108 valence electrons. The van der Waals surface area contributed by atoms with Gasteiger partial charge in [-0.2, -0.15) is 0 Å². The van der Waals surface area contributed by atoms with Crippen molar-refractivity contribution in [1.29, 1.82) is 0 Å². The number of benzene rings is 1. The van der Waals surface area contributed by atoms with Gasteiger partial charge in [0.15, 0.2) is 0 Å². The van der Waals surface area contributed by atoms with Crippen LogP contribution in [0.5, 0.6) is 0 Å². The van der Waals surface area contributed by atoms with E-state index >= 15 is 0 Å². The number of halogens is 2. The molecule has 4 heteroatoms. The van der Waals surface area contributed by atoms with Crippen molar-refractivity contribution in [2.24, 2.45) is 5.92 Å². The van der Waals surface area contributed by atoms with Gasteiger partial charge in [-0.3, -0.25) is 4.79 Å². The first-order valence-electron chi connectivity index (χ1n) is 7.32. The Bertz CT molecular complexity index is 507. The summed E-state index contributed by atoms with van der Waals surface area (Å²) >= 11 is 9.57. The molecule has 1 aromatic rings. The number of rotatable bonds is 4. The van der Waals surface area contributed by atoms with E-state index in [9.17, 15) is 4.79 Å². The van der Waals surface area contributed by atoms with Crippen molar-refractivity contribution in [1.82, 2.24) is 5.32 Å². The second-order valence-electron chi connectivity index (χ2n) is 6.13. The highest BCUT2D eigenvalue weighted by Gasteiger charge is 2.34. The summed E-state index contributed by atoms with van der Waals surface area (Å²) in [5.74, 6) is 0.885. The van der Waals surface area contributed by atoms with Crippen LogP contribution < -0.4 is 5.32 Å². The molecule has 0 amide bonds. The van der Waals surface area contributed by atoms with Crippen molar-refractivity contribution in [2.75, 3.05) is 0 Å². The number of nitrogens with one attached hydrogen (secondary N) is 1. The fourth-order valence-electron chi connectivity index (χ4n) is 3.61. The molecule has 0 spiro atoms. The minimum atomic E-state index is 0.320. The zero-order chi connectivity index (χ0) is 14.1. The van der Waals surface area contributed by atoms with Gasteiger partial charge in [-0.05, 0) is 49.3 Å². The molecule has 2 unspecified atom stereocenters. The molecule has 2 aliphatic rings. The first kappa shape index (κ1) is 14.6. The third-order valence-electron chi connectivity index (χ3n) is 4.49. The van der Waals surface area contributed by atoms with Gasteiger partial charge in [-0.1, -0.05) is 33.6 Å². The molecule has 0 aliphatic carbocycles. The summed E-state index contributed by atoms with van der Waals surface area (Å²) in [6.07, 6.45) is 6.07. The molecule has 0 radical (unpaired) electrons. The van der Waals surface area contributed by atoms with Gasteiger partial charge in [0, 0.05) is 34.4 Å². The number of Topliss-reactive ketones (excluding diaryl/α,β-unsaturated/α-hetero) is 1. The third-order valence-corrected chi connectivity index (χ3v) is 5.33. The van der Waals surface area contributed by atoms with Crippen LogP contribution in [0, 0.1) is 5.92 Å². The van der Waals surface area contributed by atoms with Gasteiger partial charge in [-0.25, -0.2) is 0 Å². The van der Waals surface area contributed by atoms with Gasteiger partial charge in [0.1, 0.15) is 5.78 Å². The Morgan fingerprint density at radius 1 is 1.30 bits per heavy atom. The molecule has 3 rings (SSSR count). The maximum atomic E-state index is 12.3. The minimum absolute atomic E-state index is 0.320. The summed E-state index contributed by atoms with van der Waals surface area (Å²) in [5, 5.41) is 4.30. The Labute approximate surface area is 133 Å². The van der Waals surface area contributed by atoms with Gasteiger partial charge in [0.05, 0.1) is 0 Å². The van der Waals surface area contributed by atoms with Crippen molar-refractivity contribution in [2.45, 2.75) is 50.6 Å². The van der Waals surface area contributed by atoms with Gasteiger partial charge in [-0.15, -0.1) is 0 Å². The number of ketones is 1. The van der Waals surface area contributed by atoms with Crippen molar-refractivity contribution in [3.63, 3.8) is 0 Å². The third kappa shape index (κ3) is 3.44. The summed E-state index contributed by atoms with van der Waals surface area (Å²) in [6, 6.07) is 7.05. The molecular weight excluding hydrogens is 338 g/mol. The smallest absolute Gasteiger partial charge is 0.137 e. The van der Waals surface area contributed by atoms with E-state index in [2.05, 4.69) is 21.2 Å². The predicted molar refractivity (Wildman–Crippen MR) is 85.1 cm³/mol. The van der Waals surface area contributed by atoms with E-state index in [0.717, 1.165) is 22.9 Å². The van der Waals surface area contributed by atoms with Crippen molar-refractivity contribution in [3.8, 4) is 0 Å². The van der Waals surface area contributed by atoms with E-state index in [1.807, 2.05) is 18.2 Å². The minimum Gasteiger partial charge on any atom is -0.311 e. The summed E-state index contributed by atoms with van der Waals surface area (Å²) in [6.45, 7) is 0. The van der Waals surface area contributed by atoms with Crippen molar-refractivity contribution >= 4 is 33.3 Å². The molecule has 2 bridgehead atoms. The predicted octanol–water partition coefficient (Wildman–Crippen LogP) is 4.13. The number of fused-ring (bicyclic) bond motifs is 2. The van der Waals surface area contributed by atoms with Crippen molar-refractivity contribution < 1.29 is 4.79 Å².